The normalized spacial score (nSPS) is 15.3. The highest BCUT2D eigenvalue weighted by molar-refractivity contribution is 7.07. The molecule has 1 aromatic heterocycles. The van der Waals surface area contributed by atoms with Crippen LogP contribution in [0.15, 0.2) is 81.7 Å². The summed E-state index contributed by atoms with van der Waals surface area (Å²) in [6.07, 6.45) is 1.52. The van der Waals surface area contributed by atoms with E-state index in [-0.39, 0.29) is 17.8 Å². The molecule has 0 saturated carbocycles. The van der Waals surface area contributed by atoms with Gasteiger partial charge in [-0.25, -0.2) is 9.79 Å². The number of nitrogens with zero attached hydrogens (tertiary/aromatic N) is 2. The van der Waals surface area contributed by atoms with Gasteiger partial charge in [0, 0.05) is 5.56 Å². The van der Waals surface area contributed by atoms with Crippen LogP contribution in [0.4, 0.5) is 0 Å². The Balaban J connectivity index is 1.74. The summed E-state index contributed by atoms with van der Waals surface area (Å²) in [6.45, 7) is 11.8. The van der Waals surface area contributed by atoms with E-state index in [1.165, 1.54) is 11.3 Å². The molecule has 0 aliphatic carbocycles. The molecule has 7 nitrogen and oxygen atoms in total. The first-order valence-corrected chi connectivity index (χ1v) is 14.6. The standard InChI is InChI=1S/C33H34N2O5S/c1-7-38-24-15-12-23(13-16-24)30-29(32(37)40-20(4)5)21(6)34-33-35(30)31(36)28(41-33)18-26-25-11-9-8-10-22(25)14-17-27(26)39-19(2)3/h8-20,30H,7H2,1-6H3/b28-18+/t30-/m1/s1. The lowest BCUT2D eigenvalue weighted by molar-refractivity contribution is -0.143. The van der Waals surface area contributed by atoms with Crippen molar-refractivity contribution in [1.82, 2.24) is 4.57 Å². The van der Waals surface area contributed by atoms with Crippen molar-refractivity contribution in [1.29, 1.82) is 0 Å². The number of thiazole rings is 1. The van der Waals surface area contributed by atoms with E-state index < -0.39 is 12.0 Å². The second-order valence-corrected chi connectivity index (χ2v) is 11.4. The molecule has 2 heterocycles. The summed E-state index contributed by atoms with van der Waals surface area (Å²) in [7, 11) is 0. The molecule has 0 radical (unpaired) electrons. The van der Waals surface area contributed by atoms with Gasteiger partial charge in [-0.1, -0.05) is 53.8 Å². The number of hydrogen-bond donors (Lipinski definition) is 0. The highest BCUT2D eigenvalue weighted by Gasteiger charge is 2.34. The fourth-order valence-electron chi connectivity index (χ4n) is 5.00. The zero-order valence-corrected chi connectivity index (χ0v) is 25.0. The first-order chi connectivity index (χ1) is 19.7. The lowest BCUT2D eigenvalue weighted by atomic mass is 9.95. The number of fused-ring (bicyclic) bond motifs is 2. The number of esters is 1. The third kappa shape index (κ3) is 5.70. The molecular formula is C33H34N2O5S. The Morgan fingerprint density at radius 1 is 1.02 bits per heavy atom. The predicted molar refractivity (Wildman–Crippen MR) is 162 cm³/mol. The Morgan fingerprint density at radius 2 is 1.76 bits per heavy atom. The van der Waals surface area contributed by atoms with E-state index in [2.05, 4.69) is 0 Å². The summed E-state index contributed by atoms with van der Waals surface area (Å²) in [4.78, 5) is 32.8. The Hall–Kier alpha value is -4.17. The largest absolute Gasteiger partial charge is 0.494 e. The van der Waals surface area contributed by atoms with E-state index in [9.17, 15) is 9.59 Å². The zero-order chi connectivity index (χ0) is 29.3. The summed E-state index contributed by atoms with van der Waals surface area (Å²) < 4.78 is 19.5. The molecule has 1 aliphatic heterocycles. The van der Waals surface area contributed by atoms with Gasteiger partial charge in [-0.2, -0.15) is 0 Å². The molecule has 1 aliphatic rings. The number of carbonyl (C=O) groups excluding carboxylic acids is 1. The number of aromatic nitrogens is 1. The number of ether oxygens (including phenoxy) is 3. The summed E-state index contributed by atoms with van der Waals surface area (Å²) in [6, 6.07) is 18.7. The van der Waals surface area contributed by atoms with Crippen molar-refractivity contribution in [2.24, 2.45) is 4.99 Å². The van der Waals surface area contributed by atoms with E-state index in [0.29, 0.717) is 38.7 Å². The molecule has 8 heteroatoms. The third-order valence-corrected chi connectivity index (χ3v) is 7.64. The monoisotopic (exact) mass is 570 g/mol. The first-order valence-electron chi connectivity index (χ1n) is 13.8. The van der Waals surface area contributed by atoms with Crippen LogP contribution in [0, 0.1) is 0 Å². The number of benzene rings is 3. The van der Waals surface area contributed by atoms with Crippen molar-refractivity contribution in [3.05, 3.63) is 103 Å². The minimum absolute atomic E-state index is 0.0404. The SMILES string of the molecule is CCOc1ccc([C@@H]2C(C(=O)OC(C)C)=C(C)N=c3s/c(=C/c4c(OC(C)C)ccc5ccccc45)c(=O)n32)cc1. The number of allylic oxidation sites excluding steroid dienone is 1. The smallest absolute Gasteiger partial charge is 0.338 e. The van der Waals surface area contributed by atoms with Crippen molar-refractivity contribution in [2.75, 3.05) is 6.61 Å². The zero-order valence-electron chi connectivity index (χ0n) is 24.1. The third-order valence-electron chi connectivity index (χ3n) is 6.66. The average molecular weight is 571 g/mol. The number of rotatable bonds is 8. The van der Waals surface area contributed by atoms with Gasteiger partial charge in [-0.15, -0.1) is 0 Å². The summed E-state index contributed by atoms with van der Waals surface area (Å²) in [5.41, 5.74) is 2.22. The highest BCUT2D eigenvalue weighted by Crippen LogP contribution is 2.33. The van der Waals surface area contributed by atoms with Gasteiger partial charge >= 0.3 is 5.97 Å². The minimum atomic E-state index is -0.700. The summed E-state index contributed by atoms with van der Waals surface area (Å²) in [5.74, 6) is 0.922. The molecule has 4 aromatic rings. The number of carbonyl (C=O) groups is 1. The lowest BCUT2D eigenvalue weighted by Crippen LogP contribution is -2.40. The second kappa shape index (κ2) is 11.7. The van der Waals surface area contributed by atoms with Crippen molar-refractivity contribution in [3.63, 3.8) is 0 Å². The number of hydrogen-bond acceptors (Lipinski definition) is 7. The van der Waals surface area contributed by atoms with Gasteiger partial charge in [0.15, 0.2) is 4.80 Å². The second-order valence-electron chi connectivity index (χ2n) is 10.4. The molecule has 0 spiro atoms. The Kier molecular flexibility index (Phi) is 8.13. The van der Waals surface area contributed by atoms with Gasteiger partial charge in [0.05, 0.1) is 40.7 Å². The topological polar surface area (TPSA) is 79.1 Å². The quantitative estimate of drug-likeness (QED) is 0.261. The fraction of sp³-hybridized carbons (Fsp3) is 0.303. The van der Waals surface area contributed by atoms with Crippen LogP contribution in [0.3, 0.4) is 0 Å². The van der Waals surface area contributed by atoms with Crippen LogP contribution in [0.2, 0.25) is 0 Å². The van der Waals surface area contributed by atoms with Crippen molar-refractivity contribution >= 4 is 34.2 Å². The maximum absolute atomic E-state index is 14.2. The Morgan fingerprint density at radius 3 is 2.44 bits per heavy atom. The van der Waals surface area contributed by atoms with Gasteiger partial charge in [0.2, 0.25) is 0 Å². The van der Waals surface area contributed by atoms with Crippen LogP contribution < -0.4 is 24.4 Å². The average Bonchev–Trinajstić information content (AvgIpc) is 3.23. The van der Waals surface area contributed by atoms with Crippen LogP contribution in [-0.2, 0) is 9.53 Å². The van der Waals surface area contributed by atoms with Gasteiger partial charge < -0.3 is 14.2 Å². The molecule has 41 heavy (non-hydrogen) atoms. The molecule has 0 unspecified atom stereocenters. The molecular weight excluding hydrogens is 536 g/mol. The lowest BCUT2D eigenvalue weighted by Gasteiger charge is -2.25. The van der Waals surface area contributed by atoms with Crippen molar-refractivity contribution in [2.45, 2.75) is 59.8 Å². The first kappa shape index (κ1) is 28.4. The molecule has 212 valence electrons. The van der Waals surface area contributed by atoms with Gasteiger partial charge in [0.25, 0.3) is 5.56 Å². The summed E-state index contributed by atoms with van der Waals surface area (Å²) >= 11 is 1.30. The van der Waals surface area contributed by atoms with Crippen LogP contribution in [-0.4, -0.2) is 29.4 Å². The molecule has 1 atom stereocenters. The van der Waals surface area contributed by atoms with Gasteiger partial charge in [-0.3, -0.25) is 9.36 Å². The molecule has 0 N–H and O–H groups in total. The van der Waals surface area contributed by atoms with E-state index in [1.54, 1.807) is 25.3 Å². The maximum atomic E-state index is 14.2. The van der Waals surface area contributed by atoms with E-state index >= 15 is 0 Å². The fourth-order valence-corrected chi connectivity index (χ4v) is 6.03. The van der Waals surface area contributed by atoms with Crippen LogP contribution >= 0.6 is 11.3 Å². The highest BCUT2D eigenvalue weighted by atomic mass is 32.1. The Bertz CT molecular complexity index is 1810. The van der Waals surface area contributed by atoms with Gasteiger partial charge in [0.1, 0.15) is 11.5 Å². The van der Waals surface area contributed by atoms with Crippen LogP contribution in [0.5, 0.6) is 11.5 Å². The van der Waals surface area contributed by atoms with E-state index in [1.807, 2.05) is 87.5 Å². The molecule has 0 saturated heterocycles. The van der Waals surface area contributed by atoms with E-state index in [4.69, 9.17) is 19.2 Å². The summed E-state index contributed by atoms with van der Waals surface area (Å²) in [5, 5.41) is 2.03. The van der Waals surface area contributed by atoms with Gasteiger partial charge in [-0.05, 0) is 82.2 Å². The predicted octanol–water partition coefficient (Wildman–Crippen LogP) is 5.53. The molecule has 0 bridgehead atoms. The van der Waals surface area contributed by atoms with Crippen molar-refractivity contribution in [3.8, 4) is 11.5 Å². The van der Waals surface area contributed by atoms with Crippen LogP contribution in [0.1, 0.15) is 58.7 Å². The molecule has 5 rings (SSSR count). The minimum Gasteiger partial charge on any atom is -0.494 e. The Labute approximate surface area is 243 Å². The molecule has 0 amide bonds. The maximum Gasteiger partial charge on any atom is 0.338 e. The van der Waals surface area contributed by atoms with E-state index in [0.717, 1.165) is 21.9 Å². The molecule has 3 aromatic carbocycles. The van der Waals surface area contributed by atoms with Crippen molar-refractivity contribution < 1.29 is 19.0 Å². The van der Waals surface area contributed by atoms with Crippen LogP contribution in [0.25, 0.3) is 16.8 Å². The molecule has 0 fully saturated rings.